The minimum absolute atomic E-state index is 0.0745. The average molecular weight is 287 g/mol. The molecule has 2 fully saturated rings. The fourth-order valence-electron chi connectivity index (χ4n) is 3.31. The fourth-order valence-corrected chi connectivity index (χ4v) is 3.31. The van der Waals surface area contributed by atoms with Crippen molar-refractivity contribution in [3.8, 4) is 0 Å². The zero-order valence-electron chi connectivity index (χ0n) is 11.6. The number of aryl methyl sites for hydroxylation is 1. The number of carbonyl (C=O) groups is 3. The minimum atomic E-state index is -0.836. The number of nitrogens with zero attached hydrogens (tertiary/aromatic N) is 1. The molecule has 1 aliphatic heterocycles. The van der Waals surface area contributed by atoms with E-state index in [1.807, 2.05) is 0 Å². The number of fused-ring (bicyclic) bond motifs is 1. The van der Waals surface area contributed by atoms with Crippen molar-refractivity contribution >= 4 is 23.5 Å². The zero-order chi connectivity index (χ0) is 15.0. The molecule has 5 nitrogen and oxygen atoms in total. The Balaban J connectivity index is 1.76. The van der Waals surface area contributed by atoms with Crippen molar-refractivity contribution in [1.82, 2.24) is 0 Å². The number of amides is 2. The second kappa shape index (κ2) is 5.31. The molecule has 2 aliphatic rings. The number of hydrogen-bond donors (Lipinski definition) is 1. The normalized spacial score (nSPS) is 24.5. The van der Waals surface area contributed by atoms with Gasteiger partial charge in [-0.15, -0.1) is 0 Å². The van der Waals surface area contributed by atoms with Gasteiger partial charge in [-0.2, -0.15) is 0 Å². The van der Waals surface area contributed by atoms with E-state index in [-0.39, 0.29) is 30.1 Å². The molecule has 0 spiro atoms. The maximum absolute atomic E-state index is 12.3. The van der Waals surface area contributed by atoms with Gasteiger partial charge >= 0.3 is 5.97 Å². The Bertz CT molecular complexity index is 571. The van der Waals surface area contributed by atoms with Crippen LogP contribution in [0.2, 0.25) is 0 Å². The van der Waals surface area contributed by atoms with Crippen LogP contribution >= 0.6 is 0 Å². The predicted octanol–water partition coefficient (Wildman–Crippen LogP) is 1.99. The summed E-state index contributed by atoms with van der Waals surface area (Å²) in [6, 6.07) is 7.03. The number of carboxylic acid groups (broad SMARTS) is 1. The van der Waals surface area contributed by atoms with Gasteiger partial charge in [0.1, 0.15) is 0 Å². The summed E-state index contributed by atoms with van der Waals surface area (Å²) in [6.07, 6.45) is 3.09. The van der Waals surface area contributed by atoms with Crippen LogP contribution in [0.25, 0.3) is 0 Å². The number of imide groups is 1. The third kappa shape index (κ3) is 2.44. The maximum Gasteiger partial charge on any atom is 0.303 e. The van der Waals surface area contributed by atoms with E-state index in [9.17, 15) is 14.4 Å². The van der Waals surface area contributed by atoms with Crippen molar-refractivity contribution in [3.05, 3.63) is 29.8 Å². The number of hydrogen-bond acceptors (Lipinski definition) is 3. The first-order valence-corrected chi connectivity index (χ1v) is 7.26. The number of anilines is 1. The molecular weight excluding hydrogens is 270 g/mol. The van der Waals surface area contributed by atoms with Crippen LogP contribution in [0.15, 0.2) is 24.3 Å². The Hall–Kier alpha value is -2.17. The lowest BCUT2D eigenvalue weighted by Gasteiger charge is -2.16. The molecule has 0 radical (unpaired) electrons. The molecule has 2 amide bonds. The van der Waals surface area contributed by atoms with Crippen LogP contribution in [0.5, 0.6) is 0 Å². The maximum atomic E-state index is 12.3. The first-order chi connectivity index (χ1) is 10.1. The highest BCUT2D eigenvalue weighted by atomic mass is 16.4. The molecule has 1 N–H and O–H groups in total. The number of rotatable bonds is 4. The Morgan fingerprint density at radius 3 is 2.19 bits per heavy atom. The lowest BCUT2D eigenvalue weighted by Crippen LogP contribution is -2.31. The van der Waals surface area contributed by atoms with Crippen LogP contribution in [-0.4, -0.2) is 22.9 Å². The van der Waals surface area contributed by atoms with E-state index in [0.717, 1.165) is 24.8 Å². The van der Waals surface area contributed by atoms with Gasteiger partial charge in [0.2, 0.25) is 11.8 Å². The molecule has 1 aromatic rings. The van der Waals surface area contributed by atoms with E-state index in [1.165, 1.54) is 4.90 Å². The molecular formula is C16H17NO4. The third-order valence-corrected chi connectivity index (χ3v) is 4.41. The van der Waals surface area contributed by atoms with Crippen molar-refractivity contribution in [2.24, 2.45) is 11.8 Å². The predicted molar refractivity (Wildman–Crippen MR) is 75.7 cm³/mol. The van der Waals surface area contributed by atoms with Crippen LogP contribution in [0, 0.1) is 11.8 Å². The molecule has 2 atom stereocenters. The summed E-state index contributed by atoms with van der Waals surface area (Å²) in [4.78, 5) is 36.5. The molecule has 1 aromatic carbocycles. The van der Waals surface area contributed by atoms with Crippen molar-refractivity contribution in [2.75, 3.05) is 4.90 Å². The lowest BCUT2D eigenvalue weighted by atomic mass is 10.00. The summed E-state index contributed by atoms with van der Waals surface area (Å²) in [5, 5.41) is 8.67. The van der Waals surface area contributed by atoms with Crippen molar-refractivity contribution in [3.63, 3.8) is 0 Å². The molecule has 1 saturated carbocycles. The molecule has 5 heteroatoms. The Labute approximate surface area is 122 Å². The SMILES string of the molecule is O=C(O)CCc1ccc(N2C(=O)C3CCCC3C2=O)cc1. The number of carboxylic acids is 1. The number of benzene rings is 1. The van der Waals surface area contributed by atoms with Gasteiger partial charge in [0.25, 0.3) is 0 Å². The molecule has 1 heterocycles. The van der Waals surface area contributed by atoms with E-state index in [4.69, 9.17) is 5.11 Å². The van der Waals surface area contributed by atoms with Gasteiger partial charge in [0.15, 0.2) is 0 Å². The largest absolute Gasteiger partial charge is 0.481 e. The second-order valence-electron chi connectivity index (χ2n) is 5.72. The topological polar surface area (TPSA) is 74.7 Å². The third-order valence-electron chi connectivity index (χ3n) is 4.41. The van der Waals surface area contributed by atoms with E-state index >= 15 is 0 Å². The Morgan fingerprint density at radius 1 is 1.10 bits per heavy atom. The number of carbonyl (C=O) groups excluding carboxylic acids is 2. The first kappa shape index (κ1) is 13.8. The minimum Gasteiger partial charge on any atom is -0.481 e. The van der Waals surface area contributed by atoms with Crippen LogP contribution in [0.3, 0.4) is 0 Å². The van der Waals surface area contributed by atoms with E-state index in [2.05, 4.69) is 0 Å². The lowest BCUT2D eigenvalue weighted by molar-refractivity contribution is -0.137. The Morgan fingerprint density at radius 2 is 1.67 bits per heavy atom. The molecule has 21 heavy (non-hydrogen) atoms. The summed E-state index contributed by atoms with van der Waals surface area (Å²) in [5.74, 6) is -1.27. The van der Waals surface area contributed by atoms with E-state index in [0.29, 0.717) is 12.1 Å². The molecule has 2 unspecified atom stereocenters. The Kier molecular flexibility index (Phi) is 3.49. The smallest absolute Gasteiger partial charge is 0.303 e. The molecule has 3 rings (SSSR count). The van der Waals surface area contributed by atoms with Crippen LogP contribution < -0.4 is 4.90 Å². The highest BCUT2D eigenvalue weighted by Gasteiger charge is 2.50. The van der Waals surface area contributed by atoms with Crippen molar-refractivity contribution < 1.29 is 19.5 Å². The quantitative estimate of drug-likeness (QED) is 0.859. The first-order valence-electron chi connectivity index (χ1n) is 7.26. The summed E-state index contributed by atoms with van der Waals surface area (Å²) in [6.45, 7) is 0. The van der Waals surface area contributed by atoms with Crippen LogP contribution in [0.4, 0.5) is 5.69 Å². The van der Waals surface area contributed by atoms with E-state index < -0.39 is 5.97 Å². The van der Waals surface area contributed by atoms with Crippen molar-refractivity contribution in [2.45, 2.75) is 32.1 Å². The second-order valence-corrected chi connectivity index (χ2v) is 5.72. The zero-order valence-corrected chi connectivity index (χ0v) is 11.6. The molecule has 1 saturated heterocycles. The van der Waals surface area contributed by atoms with Crippen LogP contribution in [0.1, 0.15) is 31.2 Å². The molecule has 1 aliphatic carbocycles. The van der Waals surface area contributed by atoms with Gasteiger partial charge in [-0.25, -0.2) is 0 Å². The standard InChI is InChI=1S/C16H17NO4/c18-14(19)9-6-10-4-7-11(8-5-10)17-15(20)12-2-1-3-13(12)16(17)21/h4-5,7-8,12-13H,1-3,6,9H2,(H,18,19). The summed E-state index contributed by atoms with van der Waals surface area (Å²) < 4.78 is 0. The highest BCUT2D eigenvalue weighted by molar-refractivity contribution is 6.22. The summed E-state index contributed by atoms with van der Waals surface area (Å²) in [5.41, 5.74) is 1.49. The van der Waals surface area contributed by atoms with Gasteiger partial charge in [-0.05, 0) is 37.0 Å². The number of aliphatic carboxylic acids is 1. The van der Waals surface area contributed by atoms with Gasteiger partial charge in [-0.3, -0.25) is 19.3 Å². The molecule has 0 bridgehead atoms. The van der Waals surface area contributed by atoms with E-state index in [1.54, 1.807) is 24.3 Å². The molecule has 110 valence electrons. The monoisotopic (exact) mass is 287 g/mol. The summed E-state index contributed by atoms with van der Waals surface area (Å²) >= 11 is 0. The molecule has 0 aromatic heterocycles. The van der Waals surface area contributed by atoms with Crippen LogP contribution in [-0.2, 0) is 20.8 Å². The average Bonchev–Trinajstić information content (AvgIpc) is 3.03. The van der Waals surface area contributed by atoms with Gasteiger partial charge in [-0.1, -0.05) is 18.6 Å². The fraction of sp³-hybridized carbons (Fsp3) is 0.438. The van der Waals surface area contributed by atoms with Gasteiger partial charge < -0.3 is 5.11 Å². The summed E-state index contributed by atoms with van der Waals surface area (Å²) in [7, 11) is 0. The van der Waals surface area contributed by atoms with Gasteiger partial charge in [0.05, 0.1) is 17.5 Å². The van der Waals surface area contributed by atoms with Crippen molar-refractivity contribution in [1.29, 1.82) is 0 Å². The van der Waals surface area contributed by atoms with Gasteiger partial charge in [0, 0.05) is 6.42 Å². The highest BCUT2D eigenvalue weighted by Crippen LogP contribution is 2.41.